The molecule has 1 heterocycles. The van der Waals surface area contributed by atoms with Crippen molar-refractivity contribution in [3.05, 3.63) is 76.4 Å². The highest BCUT2D eigenvalue weighted by molar-refractivity contribution is 7.94. The van der Waals surface area contributed by atoms with Crippen molar-refractivity contribution in [3.8, 4) is 0 Å². The van der Waals surface area contributed by atoms with E-state index < -0.39 is 10.0 Å². The van der Waals surface area contributed by atoms with Crippen LogP contribution in [0.15, 0.2) is 64.9 Å². The lowest BCUT2D eigenvalue weighted by Gasteiger charge is -2.10. The summed E-state index contributed by atoms with van der Waals surface area (Å²) in [6.45, 7) is 0.339. The molecule has 2 N–H and O–H groups in total. The second kappa shape index (κ2) is 7.43. The van der Waals surface area contributed by atoms with Crippen LogP contribution in [0.4, 0.5) is 15.8 Å². The number of halogens is 2. The summed E-state index contributed by atoms with van der Waals surface area (Å²) in [5.41, 5.74) is 1.74. The molecule has 0 atom stereocenters. The molecule has 0 aliphatic carbocycles. The van der Waals surface area contributed by atoms with E-state index >= 15 is 0 Å². The first kappa shape index (κ1) is 17.7. The second-order valence-electron chi connectivity index (χ2n) is 5.19. The maximum atomic E-state index is 13.6. The van der Waals surface area contributed by atoms with Gasteiger partial charge in [-0.2, -0.15) is 0 Å². The first-order valence-corrected chi connectivity index (χ1v) is 9.97. The summed E-state index contributed by atoms with van der Waals surface area (Å²) in [7, 11) is -3.65. The van der Waals surface area contributed by atoms with E-state index in [-0.39, 0.29) is 10.0 Å². The third kappa shape index (κ3) is 4.50. The molecule has 8 heteroatoms. The molecule has 0 amide bonds. The van der Waals surface area contributed by atoms with E-state index in [4.69, 9.17) is 11.6 Å². The summed E-state index contributed by atoms with van der Waals surface area (Å²) >= 11 is 6.77. The zero-order valence-electron chi connectivity index (χ0n) is 12.9. The molecule has 0 fully saturated rings. The number of rotatable bonds is 6. The zero-order chi connectivity index (χ0) is 17.9. The lowest BCUT2D eigenvalue weighted by molar-refractivity contribution is 0.603. The molecule has 0 aliphatic heterocycles. The van der Waals surface area contributed by atoms with E-state index in [9.17, 15) is 12.8 Å². The van der Waals surface area contributed by atoms with Crippen LogP contribution in [-0.4, -0.2) is 8.42 Å². The van der Waals surface area contributed by atoms with Crippen molar-refractivity contribution >= 4 is 44.3 Å². The van der Waals surface area contributed by atoms with Gasteiger partial charge in [-0.3, -0.25) is 4.72 Å². The molecule has 3 rings (SSSR count). The number of hydrogen-bond donors (Lipinski definition) is 2. The molecule has 1 aromatic heterocycles. The minimum Gasteiger partial charge on any atom is -0.381 e. The van der Waals surface area contributed by atoms with E-state index in [1.165, 1.54) is 18.2 Å². The number of thiophene rings is 1. The highest BCUT2D eigenvalue weighted by Crippen LogP contribution is 2.27. The van der Waals surface area contributed by atoms with E-state index in [0.29, 0.717) is 22.1 Å². The standard InChI is InChI=1S/C17H14ClFN2O2S2/c18-16-9-10-17(24-16)25(22,23)21-14-7-5-13(6-8-14)20-11-12-3-1-2-4-15(12)19/h1-10,20-21H,11H2. The fourth-order valence-corrected chi connectivity index (χ4v) is 4.68. The fourth-order valence-electron chi connectivity index (χ4n) is 2.14. The Balaban J connectivity index is 1.65. The molecule has 3 aromatic rings. The van der Waals surface area contributed by atoms with Crippen LogP contribution < -0.4 is 10.0 Å². The van der Waals surface area contributed by atoms with Crippen molar-refractivity contribution in [2.24, 2.45) is 0 Å². The van der Waals surface area contributed by atoms with Gasteiger partial charge in [-0.15, -0.1) is 11.3 Å². The van der Waals surface area contributed by atoms with Gasteiger partial charge >= 0.3 is 0 Å². The molecule has 0 saturated heterocycles. The number of hydrogen-bond acceptors (Lipinski definition) is 4. The topological polar surface area (TPSA) is 58.2 Å². The van der Waals surface area contributed by atoms with E-state index in [0.717, 1.165) is 17.0 Å². The SMILES string of the molecule is O=S(=O)(Nc1ccc(NCc2ccccc2F)cc1)c1ccc(Cl)s1. The van der Waals surface area contributed by atoms with Gasteiger partial charge < -0.3 is 5.32 Å². The smallest absolute Gasteiger partial charge is 0.271 e. The van der Waals surface area contributed by atoms with Crippen LogP contribution in [0.3, 0.4) is 0 Å². The molecule has 0 bridgehead atoms. The summed E-state index contributed by atoms with van der Waals surface area (Å²) in [5, 5.41) is 3.09. The third-order valence-corrected chi connectivity index (χ3v) is 6.50. The Labute approximate surface area is 154 Å². The van der Waals surface area contributed by atoms with Crippen molar-refractivity contribution in [3.63, 3.8) is 0 Å². The van der Waals surface area contributed by atoms with Gasteiger partial charge in [-0.25, -0.2) is 12.8 Å². The molecule has 0 saturated carbocycles. The van der Waals surface area contributed by atoms with Gasteiger partial charge in [-0.1, -0.05) is 29.8 Å². The maximum Gasteiger partial charge on any atom is 0.271 e. The minimum atomic E-state index is -3.65. The van der Waals surface area contributed by atoms with Crippen LogP contribution in [0.5, 0.6) is 0 Å². The molecule has 2 aromatic carbocycles. The Morgan fingerprint density at radius 2 is 1.64 bits per heavy atom. The molecule has 0 spiro atoms. The molecule has 0 unspecified atom stereocenters. The lowest BCUT2D eigenvalue weighted by atomic mass is 10.2. The van der Waals surface area contributed by atoms with Gasteiger partial charge in [0.2, 0.25) is 0 Å². The summed E-state index contributed by atoms with van der Waals surface area (Å²) in [6.07, 6.45) is 0. The van der Waals surface area contributed by atoms with Gasteiger partial charge in [0.25, 0.3) is 10.0 Å². The molecular weight excluding hydrogens is 383 g/mol. The Bertz CT molecular complexity index is 972. The van der Waals surface area contributed by atoms with Crippen LogP contribution >= 0.6 is 22.9 Å². The van der Waals surface area contributed by atoms with Crippen molar-refractivity contribution in [2.75, 3.05) is 10.0 Å². The number of nitrogens with one attached hydrogen (secondary N) is 2. The molecule has 130 valence electrons. The Morgan fingerprint density at radius 1 is 0.960 bits per heavy atom. The van der Waals surface area contributed by atoms with Gasteiger partial charge in [0, 0.05) is 23.5 Å². The fraction of sp³-hybridized carbons (Fsp3) is 0.0588. The van der Waals surface area contributed by atoms with Crippen LogP contribution in [-0.2, 0) is 16.6 Å². The largest absolute Gasteiger partial charge is 0.381 e. The van der Waals surface area contributed by atoms with Gasteiger partial charge in [0.1, 0.15) is 10.0 Å². The Kier molecular flexibility index (Phi) is 5.27. The Morgan fingerprint density at radius 3 is 2.28 bits per heavy atom. The molecule has 25 heavy (non-hydrogen) atoms. The quantitative estimate of drug-likeness (QED) is 0.619. The highest BCUT2D eigenvalue weighted by atomic mass is 35.5. The third-order valence-electron chi connectivity index (χ3n) is 3.39. The minimum absolute atomic E-state index is 0.152. The Hall–Kier alpha value is -2.09. The van der Waals surface area contributed by atoms with E-state index in [1.807, 2.05) is 0 Å². The summed E-state index contributed by atoms with van der Waals surface area (Å²) in [5.74, 6) is -0.269. The van der Waals surface area contributed by atoms with Crippen molar-refractivity contribution in [1.82, 2.24) is 0 Å². The van der Waals surface area contributed by atoms with Gasteiger partial charge in [0.05, 0.1) is 4.34 Å². The van der Waals surface area contributed by atoms with Crippen molar-refractivity contribution in [2.45, 2.75) is 10.8 Å². The van der Waals surface area contributed by atoms with Gasteiger partial charge in [0.15, 0.2) is 0 Å². The molecule has 4 nitrogen and oxygen atoms in total. The second-order valence-corrected chi connectivity index (χ2v) is 8.81. The number of anilines is 2. The van der Waals surface area contributed by atoms with Crippen LogP contribution in [0.1, 0.15) is 5.56 Å². The highest BCUT2D eigenvalue weighted by Gasteiger charge is 2.16. The predicted molar refractivity (Wildman–Crippen MR) is 100 cm³/mol. The number of sulfonamides is 1. The van der Waals surface area contributed by atoms with Crippen LogP contribution in [0, 0.1) is 5.82 Å². The molecule has 0 radical (unpaired) electrons. The zero-order valence-corrected chi connectivity index (χ0v) is 15.3. The maximum absolute atomic E-state index is 13.6. The van der Waals surface area contributed by atoms with E-state index in [2.05, 4.69) is 10.0 Å². The van der Waals surface area contributed by atoms with E-state index in [1.54, 1.807) is 42.5 Å². The van der Waals surface area contributed by atoms with Gasteiger partial charge in [-0.05, 0) is 42.5 Å². The molecular formula is C17H14ClFN2O2S2. The predicted octanol–water partition coefficient (Wildman–Crippen LogP) is 4.95. The average Bonchev–Trinajstić information content (AvgIpc) is 3.03. The molecule has 0 aliphatic rings. The first-order valence-electron chi connectivity index (χ1n) is 7.29. The average molecular weight is 397 g/mol. The summed E-state index contributed by atoms with van der Waals surface area (Å²) in [6, 6.07) is 16.2. The van der Waals surface area contributed by atoms with Crippen molar-refractivity contribution < 1.29 is 12.8 Å². The van der Waals surface area contributed by atoms with Crippen LogP contribution in [0.25, 0.3) is 0 Å². The van der Waals surface area contributed by atoms with Crippen molar-refractivity contribution in [1.29, 1.82) is 0 Å². The summed E-state index contributed by atoms with van der Waals surface area (Å²) < 4.78 is 41.1. The van der Waals surface area contributed by atoms with Crippen LogP contribution in [0.2, 0.25) is 4.34 Å². The monoisotopic (exact) mass is 396 g/mol. The lowest BCUT2D eigenvalue weighted by Crippen LogP contribution is -2.11. The summed E-state index contributed by atoms with van der Waals surface area (Å²) in [4.78, 5) is 0. The first-order chi connectivity index (χ1) is 11.9. The number of benzene rings is 2. The normalized spacial score (nSPS) is 11.3.